The van der Waals surface area contributed by atoms with Crippen LogP contribution in [0.3, 0.4) is 0 Å². The highest BCUT2D eigenvalue weighted by Crippen LogP contribution is 2.29. The molecule has 7 heteroatoms. The highest BCUT2D eigenvalue weighted by molar-refractivity contribution is 5.98. The van der Waals surface area contributed by atoms with E-state index in [1.54, 1.807) is 7.05 Å². The number of likely N-dealkylation sites (tertiary alicyclic amines) is 1. The van der Waals surface area contributed by atoms with Crippen molar-refractivity contribution in [3.05, 3.63) is 29.1 Å². The number of halogens is 2. The summed E-state index contributed by atoms with van der Waals surface area (Å²) in [4.78, 5) is 25.4. The molecule has 2 aliphatic rings. The van der Waals surface area contributed by atoms with Gasteiger partial charge in [-0.2, -0.15) is 0 Å². The zero-order valence-electron chi connectivity index (χ0n) is 12.9. The fraction of sp³-hybridized carbons (Fsp3) is 0.500. The standard InChI is InChI=1S/C16H19F2N3O2/c1-19-7-11-5-10(17)8-21(11)16(23)12-4-9-2-3-15(22)20-14(9)6-13(12)18/h4,6,10-11,19H,2-3,5,7-8H2,1H3,(H,20,22)/t10-,11-/m0/s1. The van der Waals surface area contributed by atoms with E-state index in [1.807, 2.05) is 0 Å². The molecule has 0 radical (unpaired) electrons. The maximum Gasteiger partial charge on any atom is 0.257 e. The fourth-order valence-corrected chi connectivity index (χ4v) is 3.26. The van der Waals surface area contributed by atoms with Gasteiger partial charge in [0.2, 0.25) is 5.91 Å². The average molecular weight is 323 g/mol. The number of fused-ring (bicyclic) bond motifs is 1. The molecule has 2 amide bonds. The van der Waals surface area contributed by atoms with Crippen LogP contribution in [0.4, 0.5) is 14.5 Å². The number of hydrogen-bond donors (Lipinski definition) is 2. The molecule has 3 rings (SSSR count). The van der Waals surface area contributed by atoms with Crippen LogP contribution in [0.1, 0.15) is 28.8 Å². The summed E-state index contributed by atoms with van der Waals surface area (Å²) in [6, 6.07) is 2.38. The second-order valence-electron chi connectivity index (χ2n) is 6.04. The Bertz CT molecular complexity index is 650. The molecule has 1 aromatic rings. The molecule has 124 valence electrons. The second kappa shape index (κ2) is 6.23. The summed E-state index contributed by atoms with van der Waals surface area (Å²) in [5.74, 6) is -1.35. The largest absolute Gasteiger partial charge is 0.331 e. The summed E-state index contributed by atoms with van der Waals surface area (Å²) in [5.41, 5.74) is 1.08. The second-order valence-corrected chi connectivity index (χ2v) is 6.04. The Labute approximate surface area is 133 Å². The first-order chi connectivity index (χ1) is 11.0. The molecule has 0 spiro atoms. The van der Waals surface area contributed by atoms with Crippen LogP contribution >= 0.6 is 0 Å². The average Bonchev–Trinajstić information content (AvgIpc) is 2.87. The summed E-state index contributed by atoms with van der Waals surface area (Å²) in [6.45, 7) is 0.452. The van der Waals surface area contributed by atoms with E-state index in [1.165, 1.54) is 17.0 Å². The van der Waals surface area contributed by atoms with Gasteiger partial charge in [0.1, 0.15) is 12.0 Å². The number of nitrogens with zero attached hydrogens (tertiary/aromatic N) is 1. The number of carbonyl (C=O) groups excluding carboxylic acids is 2. The lowest BCUT2D eigenvalue weighted by atomic mass is 9.99. The number of benzene rings is 1. The Hall–Kier alpha value is -2.02. The summed E-state index contributed by atoms with van der Waals surface area (Å²) in [5, 5.41) is 5.53. The highest BCUT2D eigenvalue weighted by atomic mass is 19.1. The summed E-state index contributed by atoms with van der Waals surface area (Å²) in [6.07, 6.45) is -0.0506. The van der Waals surface area contributed by atoms with Crippen molar-refractivity contribution in [3.63, 3.8) is 0 Å². The molecular weight excluding hydrogens is 304 g/mol. The van der Waals surface area contributed by atoms with Crippen molar-refractivity contribution in [2.75, 3.05) is 25.5 Å². The molecule has 1 saturated heterocycles. The predicted octanol–water partition coefficient (Wildman–Crippen LogP) is 1.48. The van der Waals surface area contributed by atoms with Crippen molar-refractivity contribution in [3.8, 4) is 0 Å². The van der Waals surface area contributed by atoms with E-state index in [4.69, 9.17) is 0 Å². The van der Waals surface area contributed by atoms with Crippen LogP contribution in [0.2, 0.25) is 0 Å². The van der Waals surface area contributed by atoms with E-state index in [2.05, 4.69) is 10.6 Å². The lowest BCUT2D eigenvalue weighted by Gasteiger charge is -2.25. The first-order valence-corrected chi connectivity index (χ1v) is 7.71. The van der Waals surface area contributed by atoms with Crippen molar-refractivity contribution in [2.45, 2.75) is 31.5 Å². The van der Waals surface area contributed by atoms with E-state index in [9.17, 15) is 18.4 Å². The molecule has 0 saturated carbocycles. The zero-order valence-corrected chi connectivity index (χ0v) is 12.9. The number of hydrogen-bond acceptors (Lipinski definition) is 3. The van der Waals surface area contributed by atoms with Crippen LogP contribution in [-0.4, -0.2) is 49.1 Å². The zero-order chi connectivity index (χ0) is 16.6. The first-order valence-electron chi connectivity index (χ1n) is 7.71. The summed E-state index contributed by atoms with van der Waals surface area (Å²) < 4.78 is 28.0. The highest BCUT2D eigenvalue weighted by Gasteiger charge is 2.36. The number of anilines is 1. The van der Waals surface area contributed by atoms with E-state index in [0.717, 1.165) is 5.56 Å². The third-order valence-corrected chi connectivity index (χ3v) is 4.38. The van der Waals surface area contributed by atoms with Gasteiger partial charge in [-0.3, -0.25) is 9.59 Å². The molecule has 2 atom stereocenters. The Morgan fingerprint density at radius 3 is 2.96 bits per heavy atom. The topological polar surface area (TPSA) is 61.4 Å². The van der Waals surface area contributed by atoms with Crippen molar-refractivity contribution >= 4 is 17.5 Å². The van der Waals surface area contributed by atoms with E-state index >= 15 is 0 Å². The molecule has 23 heavy (non-hydrogen) atoms. The Kier molecular flexibility index (Phi) is 4.30. The van der Waals surface area contributed by atoms with Gasteiger partial charge in [-0.15, -0.1) is 0 Å². The maximum absolute atomic E-state index is 14.3. The molecule has 5 nitrogen and oxygen atoms in total. The van der Waals surface area contributed by atoms with Gasteiger partial charge in [0.15, 0.2) is 0 Å². The van der Waals surface area contributed by atoms with Crippen LogP contribution in [0.15, 0.2) is 12.1 Å². The van der Waals surface area contributed by atoms with Crippen LogP contribution in [-0.2, 0) is 11.2 Å². The van der Waals surface area contributed by atoms with Crippen molar-refractivity contribution < 1.29 is 18.4 Å². The molecule has 0 aliphatic carbocycles. The molecular formula is C16H19F2N3O2. The Balaban J connectivity index is 1.89. The molecule has 0 aromatic heterocycles. The van der Waals surface area contributed by atoms with Gasteiger partial charge in [-0.25, -0.2) is 8.78 Å². The summed E-state index contributed by atoms with van der Waals surface area (Å²) >= 11 is 0. The molecule has 2 N–H and O–H groups in total. The number of nitrogens with one attached hydrogen (secondary N) is 2. The number of carbonyl (C=O) groups is 2. The minimum absolute atomic E-state index is 0.0154. The molecule has 2 heterocycles. The fourth-order valence-electron chi connectivity index (χ4n) is 3.26. The number of alkyl halides is 1. The van der Waals surface area contributed by atoms with E-state index < -0.39 is 17.9 Å². The lowest BCUT2D eigenvalue weighted by molar-refractivity contribution is -0.116. The number of amides is 2. The van der Waals surface area contributed by atoms with E-state index in [0.29, 0.717) is 25.1 Å². The van der Waals surface area contributed by atoms with Gasteiger partial charge in [0, 0.05) is 31.1 Å². The number of aryl methyl sites for hydroxylation is 1. The minimum Gasteiger partial charge on any atom is -0.331 e. The SMILES string of the molecule is CNC[C@@H]1C[C@H](F)CN1C(=O)c1cc2c(cc1F)NC(=O)CC2. The monoisotopic (exact) mass is 323 g/mol. The molecule has 1 aromatic carbocycles. The van der Waals surface area contributed by atoms with Gasteiger partial charge in [0.25, 0.3) is 5.91 Å². The third-order valence-electron chi connectivity index (χ3n) is 4.38. The van der Waals surface area contributed by atoms with Gasteiger partial charge in [0.05, 0.1) is 12.1 Å². The number of likely N-dealkylation sites (N-methyl/N-ethyl adjacent to an activating group) is 1. The third kappa shape index (κ3) is 3.06. The quantitative estimate of drug-likeness (QED) is 0.886. The Morgan fingerprint density at radius 1 is 1.43 bits per heavy atom. The van der Waals surface area contributed by atoms with Crippen molar-refractivity contribution in [2.24, 2.45) is 0 Å². The van der Waals surface area contributed by atoms with Crippen molar-refractivity contribution in [1.82, 2.24) is 10.2 Å². The van der Waals surface area contributed by atoms with E-state index in [-0.39, 0.29) is 30.5 Å². The molecule has 0 unspecified atom stereocenters. The summed E-state index contributed by atoms with van der Waals surface area (Å²) in [7, 11) is 1.73. The molecule has 0 bridgehead atoms. The Morgan fingerprint density at radius 2 is 2.22 bits per heavy atom. The number of rotatable bonds is 3. The van der Waals surface area contributed by atoms with Crippen LogP contribution in [0, 0.1) is 5.82 Å². The minimum atomic E-state index is -1.09. The molecule has 2 aliphatic heterocycles. The molecule has 1 fully saturated rings. The van der Waals surface area contributed by atoms with Gasteiger partial charge in [-0.1, -0.05) is 0 Å². The van der Waals surface area contributed by atoms with Crippen LogP contribution < -0.4 is 10.6 Å². The first kappa shape index (κ1) is 15.9. The lowest BCUT2D eigenvalue weighted by Crippen LogP contribution is -2.41. The maximum atomic E-state index is 14.3. The van der Waals surface area contributed by atoms with Gasteiger partial charge < -0.3 is 15.5 Å². The van der Waals surface area contributed by atoms with Crippen LogP contribution in [0.25, 0.3) is 0 Å². The van der Waals surface area contributed by atoms with Crippen molar-refractivity contribution in [1.29, 1.82) is 0 Å². The smallest absolute Gasteiger partial charge is 0.257 e. The predicted molar refractivity (Wildman–Crippen MR) is 81.6 cm³/mol. The van der Waals surface area contributed by atoms with Gasteiger partial charge >= 0.3 is 0 Å². The normalized spacial score (nSPS) is 23.6. The van der Waals surface area contributed by atoms with Gasteiger partial charge in [-0.05, 0) is 31.2 Å². The van der Waals surface area contributed by atoms with Crippen LogP contribution in [0.5, 0.6) is 0 Å².